The topological polar surface area (TPSA) is 47.3 Å². The van der Waals surface area contributed by atoms with Crippen LogP contribution in [0.5, 0.6) is 0 Å². The monoisotopic (exact) mass is 316 g/mol. The highest BCUT2D eigenvalue weighted by Gasteiger charge is 2.08. The molecule has 0 radical (unpaired) electrons. The van der Waals surface area contributed by atoms with Crippen LogP contribution in [0.25, 0.3) is 0 Å². The highest BCUT2D eigenvalue weighted by Crippen LogP contribution is 2.22. The van der Waals surface area contributed by atoms with Crippen molar-refractivity contribution < 1.29 is 4.74 Å². The number of ether oxygens (including phenoxy) is 1. The van der Waals surface area contributed by atoms with E-state index in [1.165, 1.54) is 0 Å². The van der Waals surface area contributed by atoms with E-state index in [1.807, 2.05) is 18.2 Å². The van der Waals surface area contributed by atoms with E-state index >= 15 is 0 Å². The standard InChI is InChI=1S/C12H17BrN2OS/c1-8(5-6-16-2)15-11-7-9(13)3-4-10(11)12(14)17/h3-4,7-8,15H,5-6H2,1-2H3,(H2,14,17). The molecular weight excluding hydrogens is 300 g/mol. The molecule has 3 nitrogen and oxygen atoms in total. The van der Waals surface area contributed by atoms with E-state index in [4.69, 9.17) is 22.7 Å². The third-order valence-corrected chi connectivity index (χ3v) is 3.12. The molecule has 0 saturated carbocycles. The third kappa shape index (κ3) is 4.61. The largest absolute Gasteiger partial charge is 0.389 e. The maximum absolute atomic E-state index is 5.69. The molecule has 0 saturated heterocycles. The molecule has 1 atom stereocenters. The number of halogens is 1. The number of hydrogen-bond donors (Lipinski definition) is 2. The van der Waals surface area contributed by atoms with Gasteiger partial charge in [0.25, 0.3) is 0 Å². The Morgan fingerprint density at radius 3 is 2.88 bits per heavy atom. The third-order valence-electron chi connectivity index (χ3n) is 2.40. The van der Waals surface area contributed by atoms with E-state index in [1.54, 1.807) is 7.11 Å². The zero-order valence-corrected chi connectivity index (χ0v) is 12.4. The lowest BCUT2D eigenvalue weighted by molar-refractivity contribution is 0.191. The van der Waals surface area contributed by atoms with E-state index in [2.05, 4.69) is 28.2 Å². The van der Waals surface area contributed by atoms with Crippen molar-refractivity contribution in [1.82, 2.24) is 0 Å². The zero-order chi connectivity index (χ0) is 12.8. The summed E-state index contributed by atoms with van der Waals surface area (Å²) in [4.78, 5) is 0.402. The van der Waals surface area contributed by atoms with Gasteiger partial charge in [-0.1, -0.05) is 28.1 Å². The Morgan fingerprint density at radius 1 is 1.59 bits per heavy atom. The summed E-state index contributed by atoms with van der Waals surface area (Å²) in [7, 11) is 1.70. The van der Waals surface area contributed by atoms with Gasteiger partial charge in [-0.2, -0.15) is 0 Å². The molecule has 0 heterocycles. The molecule has 0 aromatic heterocycles. The molecule has 0 amide bonds. The van der Waals surface area contributed by atoms with Crippen molar-refractivity contribution in [1.29, 1.82) is 0 Å². The summed E-state index contributed by atoms with van der Waals surface area (Å²) in [6, 6.07) is 6.13. The van der Waals surface area contributed by atoms with Crippen LogP contribution in [0.3, 0.4) is 0 Å². The molecule has 1 aromatic carbocycles. The average Bonchev–Trinajstić information content (AvgIpc) is 2.26. The van der Waals surface area contributed by atoms with Crippen molar-refractivity contribution in [2.24, 2.45) is 5.73 Å². The molecule has 1 rings (SSSR count). The Bertz CT molecular complexity index is 398. The molecule has 0 aliphatic rings. The van der Waals surface area contributed by atoms with E-state index in [9.17, 15) is 0 Å². The first kappa shape index (κ1) is 14.4. The first-order valence-electron chi connectivity index (χ1n) is 5.39. The summed E-state index contributed by atoms with van der Waals surface area (Å²) in [5.74, 6) is 0. The molecule has 3 N–H and O–H groups in total. The Kier molecular flexibility index (Phi) is 5.88. The Hall–Kier alpha value is -0.650. The Morgan fingerprint density at radius 2 is 2.29 bits per heavy atom. The smallest absolute Gasteiger partial charge is 0.106 e. The summed E-state index contributed by atoms with van der Waals surface area (Å²) in [5, 5.41) is 3.39. The fraction of sp³-hybridized carbons (Fsp3) is 0.417. The van der Waals surface area contributed by atoms with E-state index in [0.717, 1.165) is 28.8 Å². The molecule has 0 aliphatic heterocycles. The summed E-state index contributed by atoms with van der Waals surface area (Å²) < 4.78 is 6.05. The summed E-state index contributed by atoms with van der Waals surface area (Å²) in [6.07, 6.45) is 0.930. The second-order valence-electron chi connectivity index (χ2n) is 3.88. The van der Waals surface area contributed by atoms with Gasteiger partial charge >= 0.3 is 0 Å². The summed E-state index contributed by atoms with van der Waals surface area (Å²) >= 11 is 8.47. The van der Waals surface area contributed by atoms with Crippen molar-refractivity contribution in [2.75, 3.05) is 19.0 Å². The van der Waals surface area contributed by atoms with Gasteiger partial charge < -0.3 is 15.8 Å². The van der Waals surface area contributed by atoms with Crippen LogP contribution in [0.2, 0.25) is 0 Å². The van der Waals surface area contributed by atoms with Gasteiger partial charge in [0.2, 0.25) is 0 Å². The van der Waals surface area contributed by atoms with Gasteiger partial charge in [0, 0.05) is 35.5 Å². The molecule has 17 heavy (non-hydrogen) atoms. The number of nitrogens with one attached hydrogen (secondary N) is 1. The molecular formula is C12H17BrN2OS. The molecule has 0 spiro atoms. The highest BCUT2D eigenvalue weighted by atomic mass is 79.9. The van der Waals surface area contributed by atoms with Crippen molar-refractivity contribution in [3.05, 3.63) is 28.2 Å². The van der Waals surface area contributed by atoms with Gasteiger partial charge in [-0.15, -0.1) is 0 Å². The normalized spacial score (nSPS) is 12.2. The lowest BCUT2D eigenvalue weighted by Crippen LogP contribution is -2.20. The van der Waals surface area contributed by atoms with Crippen LogP contribution in [0.1, 0.15) is 18.9 Å². The van der Waals surface area contributed by atoms with E-state index in [0.29, 0.717) is 11.0 Å². The molecule has 1 unspecified atom stereocenters. The van der Waals surface area contributed by atoms with Gasteiger partial charge in [-0.25, -0.2) is 0 Å². The number of nitrogens with two attached hydrogens (primary N) is 1. The molecule has 0 bridgehead atoms. The van der Waals surface area contributed by atoms with Crippen LogP contribution < -0.4 is 11.1 Å². The molecule has 94 valence electrons. The van der Waals surface area contributed by atoms with Gasteiger partial charge in [0.05, 0.1) is 0 Å². The minimum atomic E-state index is 0.303. The lowest BCUT2D eigenvalue weighted by atomic mass is 10.1. The van der Waals surface area contributed by atoms with Gasteiger partial charge in [0.1, 0.15) is 4.99 Å². The van der Waals surface area contributed by atoms with Gasteiger partial charge in [0.15, 0.2) is 0 Å². The highest BCUT2D eigenvalue weighted by molar-refractivity contribution is 9.10. The molecule has 0 aliphatic carbocycles. The predicted octanol–water partition coefficient (Wildman–Crippen LogP) is 2.92. The van der Waals surface area contributed by atoms with Crippen LogP contribution in [0, 0.1) is 0 Å². The van der Waals surface area contributed by atoms with Crippen LogP contribution in [-0.2, 0) is 4.74 Å². The molecule has 0 fully saturated rings. The second kappa shape index (κ2) is 6.93. The van der Waals surface area contributed by atoms with Crippen LogP contribution in [0.4, 0.5) is 5.69 Å². The number of thiocarbonyl (C=S) groups is 1. The van der Waals surface area contributed by atoms with E-state index in [-0.39, 0.29) is 0 Å². The number of methoxy groups -OCH3 is 1. The van der Waals surface area contributed by atoms with Crippen molar-refractivity contribution in [2.45, 2.75) is 19.4 Å². The minimum Gasteiger partial charge on any atom is -0.389 e. The summed E-state index contributed by atoms with van der Waals surface area (Å²) in [6.45, 7) is 2.83. The number of rotatable bonds is 6. The predicted molar refractivity (Wildman–Crippen MR) is 79.6 cm³/mol. The first-order valence-corrected chi connectivity index (χ1v) is 6.59. The minimum absolute atomic E-state index is 0.303. The number of anilines is 1. The van der Waals surface area contributed by atoms with Crippen LogP contribution in [-0.4, -0.2) is 24.7 Å². The van der Waals surface area contributed by atoms with E-state index < -0.39 is 0 Å². The maximum Gasteiger partial charge on any atom is 0.106 e. The fourth-order valence-electron chi connectivity index (χ4n) is 1.48. The fourth-order valence-corrected chi connectivity index (χ4v) is 2.02. The van der Waals surface area contributed by atoms with Crippen molar-refractivity contribution >= 4 is 38.8 Å². The van der Waals surface area contributed by atoms with Crippen molar-refractivity contribution in [3.63, 3.8) is 0 Å². The lowest BCUT2D eigenvalue weighted by Gasteiger charge is -2.17. The Balaban J connectivity index is 2.81. The SMILES string of the molecule is COCCC(C)Nc1cc(Br)ccc1C(N)=S. The number of benzene rings is 1. The molecule has 5 heteroatoms. The van der Waals surface area contributed by atoms with Gasteiger partial charge in [-0.05, 0) is 31.5 Å². The van der Waals surface area contributed by atoms with Crippen molar-refractivity contribution in [3.8, 4) is 0 Å². The maximum atomic E-state index is 5.69. The van der Waals surface area contributed by atoms with Crippen LogP contribution >= 0.6 is 28.1 Å². The molecule has 1 aromatic rings. The van der Waals surface area contributed by atoms with Gasteiger partial charge in [-0.3, -0.25) is 0 Å². The first-order chi connectivity index (χ1) is 8.04. The Labute approximate surface area is 116 Å². The second-order valence-corrected chi connectivity index (χ2v) is 5.24. The zero-order valence-electron chi connectivity index (χ0n) is 10.00. The van der Waals surface area contributed by atoms with Crippen LogP contribution in [0.15, 0.2) is 22.7 Å². The summed E-state index contributed by atoms with van der Waals surface area (Å²) in [5.41, 5.74) is 7.51. The quantitative estimate of drug-likeness (QED) is 0.792. The number of hydrogen-bond acceptors (Lipinski definition) is 3. The average molecular weight is 317 g/mol.